The van der Waals surface area contributed by atoms with Crippen molar-refractivity contribution < 1.29 is 9.53 Å². The Balaban J connectivity index is 1.52. The minimum Gasteiger partial charge on any atom is -0.484 e. The van der Waals surface area contributed by atoms with E-state index in [0.717, 1.165) is 16.9 Å². The third-order valence-corrected chi connectivity index (χ3v) is 4.56. The Bertz CT molecular complexity index is 856. The number of nitrogens with one attached hydrogen (secondary N) is 1. The van der Waals surface area contributed by atoms with Crippen molar-refractivity contribution in [3.05, 3.63) is 76.3 Å². The summed E-state index contributed by atoms with van der Waals surface area (Å²) in [6, 6.07) is 16.0. The first-order valence-corrected chi connectivity index (χ1v) is 8.90. The summed E-state index contributed by atoms with van der Waals surface area (Å²) in [4.78, 5) is 17.4. The molecule has 0 saturated heterocycles. The van der Waals surface area contributed by atoms with E-state index in [4.69, 9.17) is 4.74 Å². The second-order valence-corrected chi connectivity index (χ2v) is 7.06. The van der Waals surface area contributed by atoms with Gasteiger partial charge in [0, 0.05) is 17.5 Å². The minimum atomic E-state index is -0.211. The van der Waals surface area contributed by atoms with Gasteiger partial charge in [-0.2, -0.15) is 0 Å². The van der Waals surface area contributed by atoms with Crippen LogP contribution in [0.1, 0.15) is 21.6 Å². The van der Waals surface area contributed by atoms with E-state index in [9.17, 15) is 4.79 Å². The Hall–Kier alpha value is -2.66. The fourth-order valence-corrected chi connectivity index (χ4v) is 3.27. The molecule has 1 amide bonds. The van der Waals surface area contributed by atoms with E-state index < -0.39 is 0 Å². The van der Waals surface area contributed by atoms with Crippen LogP contribution in [-0.4, -0.2) is 17.5 Å². The van der Waals surface area contributed by atoms with Crippen LogP contribution in [0.15, 0.2) is 54.7 Å². The van der Waals surface area contributed by atoms with Crippen molar-refractivity contribution in [3.8, 4) is 5.75 Å². The zero-order valence-corrected chi connectivity index (χ0v) is 15.1. The number of thiazole rings is 1. The maximum Gasteiger partial charge on any atom is 0.264 e. The van der Waals surface area contributed by atoms with Crippen LogP contribution in [0, 0.1) is 13.8 Å². The highest BCUT2D eigenvalue weighted by Gasteiger charge is 2.08. The first kappa shape index (κ1) is 17.2. The Morgan fingerprint density at radius 2 is 1.92 bits per heavy atom. The van der Waals surface area contributed by atoms with Crippen LogP contribution in [0.25, 0.3) is 0 Å². The summed E-state index contributed by atoms with van der Waals surface area (Å²) in [5.74, 6) is 0.469. The number of anilines is 1. The number of rotatable bonds is 6. The van der Waals surface area contributed by atoms with Crippen molar-refractivity contribution in [3.63, 3.8) is 0 Å². The van der Waals surface area contributed by atoms with Crippen LogP contribution < -0.4 is 10.1 Å². The summed E-state index contributed by atoms with van der Waals surface area (Å²) in [6.07, 6.45) is 2.62. The second kappa shape index (κ2) is 7.94. The molecule has 0 fully saturated rings. The summed E-state index contributed by atoms with van der Waals surface area (Å²) >= 11 is 1.49. The average molecular weight is 352 g/mol. The lowest BCUT2D eigenvalue weighted by atomic mass is 10.1. The highest BCUT2D eigenvalue weighted by Crippen LogP contribution is 2.21. The molecule has 4 nitrogen and oxygen atoms in total. The second-order valence-electron chi connectivity index (χ2n) is 5.95. The molecule has 25 heavy (non-hydrogen) atoms. The number of ether oxygens (including phenoxy) is 1. The fourth-order valence-electron chi connectivity index (χ4n) is 2.41. The van der Waals surface area contributed by atoms with Crippen molar-refractivity contribution in [2.45, 2.75) is 20.3 Å². The van der Waals surface area contributed by atoms with Gasteiger partial charge >= 0.3 is 0 Å². The SMILES string of the molecule is Cc1ccc(OCC(=O)Nc2ncc(Cc3cccc(C)c3)s2)cc1. The van der Waals surface area contributed by atoms with Crippen molar-refractivity contribution in [2.24, 2.45) is 0 Å². The number of hydrogen-bond donors (Lipinski definition) is 1. The first-order valence-electron chi connectivity index (χ1n) is 8.08. The number of aromatic nitrogens is 1. The molecule has 0 atom stereocenters. The number of hydrogen-bond acceptors (Lipinski definition) is 4. The zero-order chi connectivity index (χ0) is 17.6. The Labute approximate surface area is 151 Å². The molecule has 0 aliphatic rings. The van der Waals surface area contributed by atoms with E-state index in [1.807, 2.05) is 37.4 Å². The molecule has 3 aromatic rings. The lowest BCUT2D eigenvalue weighted by molar-refractivity contribution is -0.118. The van der Waals surface area contributed by atoms with Gasteiger partial charge in [0.1, 0.15) is 5.75 Å². The number of benzene rings is 2. The summed E-state index contributed by atoms with van der Waals surface area (Å²) < 4.78 is 5.48. The lowest BCUT2D eigenvalue weighted by Gasteiger charge is -2.05. The average Bonchev–Trinajstić information content (AvgIpc) is 3.01. The number of nitrogens with zero attached hydrogens (tertiary/aromatic N) is 1. The van der Waals surface area contributed by atoms with Gasteiger partial charge in [0.05, 0.1) is 0 Å². The third kappa shape index (κ3) is 5.16. The molecule has 0 unspecified atom stereocenters. The van der Waals surface area contributed by atoms with E-state index >= 15 is 0 Å². The van der Waals surface area contributed by atoms with Crippen LogP contribution in [0.5, 0.6) is 5.75 Å². The molecule has 5 heteroatoms. The normalized spacial score (nSPS) is 10.5. The molecule has 2 aromatic carbocycles. The smallest absolute Gasteiger partial charge is 0.264 e. The summed E-state index contributed by atoms with van der Waals surface area (Å²) in [5, 5.41) is 3.38. The highest BCUT2D eigenvalue weighted by atomic mass is 32.1. The van der Waals surface area contributed by atoms with E-state index in [1.54, 1.807) is 0 Å². The Morgan fingerprint density at radius 1 is 1.12 bits per heavy atom. The van der Waals surface area contributed by atoms with Gasteiger partial charge in [0.15, 0.2) is 11.7 Å². The molecule has 1 N–H and O–H groups in total. The van der Waals surface area contributed by atoms with E-state index in [-0.39, 0.29) is 12.5 Å². The van der Waals surface area contributed by atoms with Crippen LogP contribution in [0.3, 0.4) is 0 Å². The molecular weight excluding hydrogens is 332 g/mol. The number of carbonyl (C=O) groups is 1. The largest absolute Gasteiger partial charge is 0.484 e. The molecule has 0 aliphatic carbocycles. The molecule has 0 spiro atoms. The van der Waals surface area contributed by atoms with Crippen LogP contribution in [-0.2, 0) is 11.2 Å². The van der Waals surface area contributed by atoms with Gasteiger partial charge in [-0.15, -0.1) is 11.3 Å². The minimum absolute atomic E-state index is 0.0319. The molecule has 0 saturated carbocycles. The highest BCUT2D eigenvalue weighted by molar-refractivity contribution is 7.15. The van der Waals surface area contributed by atoms with Gasteiger partial charge in [-0.05, 0) is 31.5 Å². The fraction of sp³-hybridized carbons (Fsp3) is 0.200. The van der Waals surface area contributed by atoms with Gasteiger partial charge in [-0.3, -0.25) is 10.1 Å². The van der Waals surface area contributed by atoms with Crippen LogP contribution in [0.4, 0.5) is 5.13 Å². The first-order chi connectivity index (χ1) is 12.1. The molecule has 0 bridgehead atoms. The quantitative estimate of drug-likeness (QED) is 0.717. The topological polar surface area (TPSA) is 51.2 Å². The maximum absolute atomic E-state index is 12.0. The van der Waals surface area contributed by atoms with Crippen molar-refractivity contribution in [2.75, 3.05) is 11.9 Å². The Kier molecular flexibility index (Phi) is 5.46. The van der Waals surface area contributed by atoms with Gasteiger partial charge in [0.25, 0.3) is 5.91 Å². The van der Waals surface area contributed by atoms with Crippen LogP contribution >= 0.6 is 11.3 Å². The Morgan fingerprint density at radius 3 is 2.68 bits per heavy atom. The predicted octanol–water partition coefficient (Wildman–Crippen LogP) is 4.37. The zero-order valence-electron chi connectivity index (χ0n) is 14.3. The predicted molar refractivity (Wildman–Crippen MR) is 101 cm³/mol. The van der Waals surface area contributed by atoms with Crippen molar-refractivity contribution >= 4 is 22.4 Å². The van der Waals surface area contributed by atoms with Gasteiger partial charge < -0.3 is 4.74 Å². The molecule has 3 rings (SSSR count). The maximum atomic E-state index is 12.0. The number of aryl methyl sites for hydroxylation is 2. The number of amides is 1. The summed E-state index contributed by atoms with van der Waals surface area (Å²) in [7, 11) is 0. The number of carbonyl (C=O) groups excluding carboxylic acids is 1. The van der Waals surface area contributed by atoms with Crippen molar-refractivity contribution in [1.29, 1.82) is 0 Å². The molecular formula is C20H20N2O2S. The van der Waals surface area contributed by atoms with Gasteiger partial charge in [-0.25, -0.2) is 4.98 Å². The summed E-state index contributed by atoms with van der Waals surface area (Å²) in [5.41, 5.74) is 3.63. The molecule has 0 radical (unpaired) electrons. The molecule has 1 heterocycles. The van der Waals surface area contributed by atoms with E-state index in [1.165, 1.54) is 22.5 Å². The standard InChI is InChI=1S/C20H20N2O2S/c1-14-6-8-17(9-7-14)24-13-19(23)22-20-21-12-18(25-20)11-16-5-3-4-15(2)10-16/h3-10,12H,11,13H2,1-2H3,(H,21,22,23). The van der Waals surface area contributed by atoms with E-state index in [0.29, 0.717) is 10.9 Å². The third-order valence-electron chi connectivity index (χ3n) is 3.65. The van der Waals surface area contributed by atoms with Gasteiger partial charge in [0.2, 0.25) is 0 Å². The van der Waals surface area contributed by atoms with Crippen LogP contribution in [0.2, 0.25) is 0 Å². The van der Waals surface area contributed by atoms with Gasteiger partial charge in [-0.1, -0.05) is 47.5 Å². The monoisotopic (exact) mass is 352 g/mol. The molecule has 0 aliphatic heterocycles. The summed E-state index contributed by atoms with van der Waals surface area (Å²) in [6.45, 7) is 4.05. The lowest BCUT2D eigenvalue weighted by Crippen LogP contribution is -2.19. The molecule has 128 valence electrons. The molecule has 1 aromatic heterocycles. The van der Waals surface area contributed by atoms with Crippen molar-refractivity contribution in [1.82, 2.24) is 4.98 Å². The van der Waals surface area contributed by atoms with E-state index in [2.05, 4.69) is 41.5 Å².